The molecule has 0 bridgehead atoms. The van der Waals surface area contributed by atoms with Crippen molar-refractivity contribution >= 4 is 5.78 Å². The lowest BCUT2D eigenvalue weighted by Crippen LogP contribution is -2.00. The third-order valence-corrected chi connectivity index (χ3v) is 3.38. The van der Waals surface area contributed by atoms with E-state index in [0.29, 0.717) is 5.56 Å². The van der Waals surface area contributed by atoms with Gasteiger partial charge in [-0.25, -0.2) is 4.98 Å². The van der Waals surface area contributed by atoms with Crippen molar-refractivity contribution in [2.75, 3.05) is 0 Å². The van der Waals surface area contributed by atoms with E-state index in [1.165, 1.54) is 0 Å². The number of aromatic nitrogens is 4. The number of nitrogens with zero attached hydrogens (tertiary/aromatic N) is 4. The molecule has 0 radical (unpaired) electrons. The zero-order valence-corrected chi connectivity index (χ0v) is 11.8. The Kier molecular flexibility index (Phi) is 3.31. The molecular weight excluding hydrogens is 264 g/mol. The van der Waals surface area contributed by atoms with Crippen LogP contribution in [0.25, 0.3) is 16.9 Å². The van der Waals surface area contributed by atoms with Gasteiger partial charge in [0.15, 0.2) is 5.78 Å². The smallest absolute Gasteiger partial charge is 0.160 e. The van der Waals surface area contributed by atoms with Crippen molar-refractivity contribution in [1.29, 1.82) is 0 Å². The summed E-state index contributed by atoms with van der Waals surface area (Å²) in [6, 6.07) is 9.53. The molecule has 104 valence electrons. The molecule has 3 rings (SSSR count). The van der Waals surface area contributed by atoms with E-state index in [0.717, 1.165) is 22.5 Å². The molecule has 0 atom stereocenters. The molecule has 5 heteroatoms. The molecule has 21 heavy (non-hydrogen) atoms. The molecule has 1 aromatic carbocycles. The minimum Gasteiger partial charge on any atom is -0.294 e. The van der Waals surface area contributed by atoms with Gasteiger partial charge in [0.05, 0.1) is 0 Å². The van der Waals surface area contributed by atoms with Crippen LogP contribution < -0.4 is 0 Å². The third kappa shape index (κ3) is 2.45. The Balaban J connectivity index is 2.11. The Morgan fingerprint density at radius 1 is 1.10 bits per heavy atom. The summed E-state index contributed by atoms with van der Waals surface area (Å²) in [5, 5.41) is 7.55. The fourth-order valence-electron chi connectivity index (χ4n) is 2.31. The van der Waals surface area contributed by atoms with Crippen LogP contribution in [0.5, 0.6) is 0 Å². The molecule has 0 amide bonds. The first kappa shape index (κ1) is 13.2. The number of hydrogen-bond donors (Lipinski definition) is 0. The van der Waals surface area contributed by atoms with Gasteiger partial charge in [0.2, 0.25) is 0 Å². The van der Waals surface area contributed by atoms with Crippen LogP contribution in [0.2, 0.25) is 0 Å². The Labute approximate surface area is 122 Å². The molecule has 2 heterocycles. The van der Waals surface area contributed by atoms with Crippen LogP contribution in [-0.2, 0) is 0 Å². The monoisotopic (exact) mass is 278 g/mol. The fourth-order valence-corrected chi connectivity index (χ4v) is 2.31. The van der Waals surface area contributed by atoms with E-state index < -0.39 is 0 Å². The molecule has 0 aliphatic carbocycles. The molecule has 0 fully saturated rings. The topological polar surface area (TPSA) is 60.7 Å². The number of aryl methyl sites for hydroxylation is 1. The van der Waals surface area contributed by atoms with Crippen LogP contribution in [0.4, 0.5) is 0 Å². The molecule has 5 nitrogen and oxygen atoms in total. The van der Waals surface area contributed by atoms with Gasteiger partial charge in [-0.3, -0.25) is 9.36 Å². The van der Waals surface area contributed by atoms with Crippen LogP contribution >= 0.6 is 0 Å². The maximum atomic E-state index is 11.8. The number of pyridine rings is 1. The molecule has 0 aliphatic heterocycles. The Hall–Kier alpha value is -2.82. The van der Waals surface area contributed by atoms with E-state index in [-0.39, 0.29) is 5.78 Å². The first-order valence-electron chi connectivity index (χ1n) is 6.59. The number of ketones is 1. The molecule has 0 N–H and O–H groups in total. The predicted octanol–water partition coefficient (Wildman–Crippen LogP) is 2.84. The molecule has 0 saturated carbocycles. The van der Waals surface area contributed by atoms with Gasteiger partial charge in [0, 0.05) is 17.3 Å². The molecule has 0 spiro atoms. The van der Waals surface area contributed by atoms with Crippen molar-refractivity contribution in [2.24, 2.45) is 0 Å². The number of benzene rings is 1. The fraction of sp³-hybridized carbons (Fsp3) is 0.125. The molecule has 2 aromatic heterocycles. The van der Waals surface area contributed by atoms with Gasteiger partial charge in [-0.15, -0.1) is 10.2 Å². The van der Waals surface area contributed by atoms with Crippen molar-refractivity contribution in [1.82, 2.24) is 19.7 Å². The number of rotatable bonds is 3. The molecule has 0 saturated heterocycles. The first-order chi connectivity index (χ1) is 10.2. The van der Waals surface area contributed by atoms with Crippen molar-refractivity contribution in [3.63, 3.8) is 0 Å². The maximum Gasteiger partial charge on any atom is 0.160 e. The van der Waals surface area contributed by atoms with E-state index in [1.54, 1.807) is 30.3 Å². The number of hydrogen-bond acceptors (Lipinski definition) is 4. The van der Waals surface area contributed by atoms with Crippen molar-refractivity contribution in [2.45, 2.75) is 13.8 Å². The van der Waals surface area contributed by atoms with E-state index >= 15 is 0 Å². The van der Waals surface area contributed by atoms with Crippen molar-refractivity contribution < 1.29 is 4.79 Å². The second-order valence-electron chi connectivity index (χ2n) is 4.83. The molecular formula is C16H14N4O. The van der Waals surface area contributed by atoms with E-state index in [1.807, 2.05) is 37.3 Å². The van der Waals surface area contributed by atoms with Crippen LogP contribution in [-0.4, -0.2) is 25.5 Å². The quantitative estimate of drug-likeness (QED) is 0.691. The van der Waals surface area contributed by atoms with E-state index in [9.17, 15) is 4.79 Å². The lowest BCUT2D eigenvalue weighted by molar-refractivity contribution is 0.101. The number of carbonyl (C=O) groups excluding carboxylic acids is 1. The van der Waals surface area contributed by atoms with Crippen LogP contribution in [0, 0.1) is 6.92 Å². The Morgan fingerprint density at radius 2 is 1.81 bits per heavy atom. The zero-order chi connectivity index (χ0) is 14.8. The van der Waals surface area contributed by atoms with Crippen LogP contribution in [0.1, 0.15) is 22.8 Å². The predicted molar refractivity (Wildman–Crippen MR) is 79.3 cm³/mol. The molecule has 0 unspecified atom stereocenters. The van der Waals surface area contributed by atoms with Crippen molar-refractivity contribution in [3.05, 3.63) is 60.3 Å². The van der Waals surface area contributed by atoms with Crippen LogP contribution in [0.3, 0.4) is 0 Å². The normalized spacial score (nSPS) is 10.6. The van der Waals surface area contributed by atoms with Gasteiger partial charge < -0.3 is 0 Å². The number of carbonyl (C=O) groups is 1. The zero-order valence-electron chi connectivity index (χ0n) is 11.8. The average molecular weight is 278 g/mol. The maximum absolute atomic E-state index is 11.8. The highest BCUT2D eigenvalue weighted by atomic mass is 16.1. The molecule has 0 aliphatic rings. The summed E-state index contributed by atoms with van der Waals surface area (Å²) in [5.41, 5.74) is 3.62. The summed E-state index contributed by atoms with van der Waals surface area (Å²) in [6.45, 7) is 3.58. The van der Waals surface area contributed by atoms with E-state index in [2.05, 4.69) is 15.2 Å². The highest BCUT2D eigenvalue weighted by Gasteiger charge is 2.11. The highest BCUT2D eigenvalue weighted by Crippen LogP contribution is 2.27. The second-order valence-corrected chi connectivity index (χ2v) is 4.83. The first-order valence-corrected chi connectivity index (χ1v) is 6.59. The summed E-state index contributed by atoms with van der Waals surface area (Å²) in [7, 11) is 0. The lowest BCUT2D eigenvalue weighted by atomic mass is 9.96. The SMILES string of the molecule is CC(=O)c1ccccc1-c1cnc(-n2cnnc2)cc1C. The van der Waals surface area contributed by atoms with Crippen LogP contribution in [0.15, 0.2) is 49.2 Å². The van der Waals surface area contributed by atoms with Gasteiger partial charge in [0.25, 0.3) is 0 Å². The Morgan fingerprint density at radius 3 is 2.48 bits per heavy atom. The van der Waals surface area contributed by atoms with Gasteiger partial charge >= 0.3 is 0 Å². The minimum atomic E-state index is 0.0490. The minimum absolute atomic E-state index is 0.0490. The third-order valence-electron chi connectivity index (χ3n) is 3.38. The summed E-state index contributed by atoms with van der Waals surface area (Å²) in [5.74, 6) is 0.800. The Bertz CT molecular complexity index is 794. The summed E-state index contributed by atoms with van der Waals surface area (Å²) < 4.78 is 1.74. The lowest BCUT2D eigenvalue weighted by Gasteiger charge is -2.11. The van der Waals surface area contributed by atoms with Gasteiger partial charge in [-0.1, -0.05) is 24.3 Å². The summed E-state index contributed by atoms with van der Waals surface area (Å²) >= 11 is 0. The van der Waals surface area contributed by atoms with Crippen molar-refractivity contribution in [3.8, 4) is 16.9 Å². The molecule has 3 aromatic rings. The number of Topliss-reactive ketones (excluding diaryl/α,β-unsaturated/α-hetero) is 1. The largest absolute Gasteiger partial charge is 0.294 e. The van der Waals surface area contributed by atoms with E-state index in [4.69, 9.17) is 0 Å². The highest BCUT2D eigenvalue weighted by molar-refractivity contribution is 6.01. The standard InChI is InChI=1S/C16H14N4O/c1-11-7-16(20-9-18-19-10-20)17-8-15(11)14-6-4-3-5-13(14)12(2)21/h3-10H,1-2H3. The average Bonchev–Trinajstić information content (AvgIpc) is 3.01. The van der Waals surface area contributed by atoms with Gasteiger partial charge in [0.1, 0.15) is 18.5 Å². The summed E-state index contributed by atoms with van der Waals surface area (Å²) in [6.07, 6.45) is 4.99. The van der Waals surface area contributed by atoms with Gasteiger partial charge in [-0.2, -0.15) is 0 Å². The van der Waals surface area contributed by atoms with Gasteiger partial charge in [-0.05, 0) is 31.0 Å². The summed E-state index contributed by atoms with van der Waals surface area (Å²) in [4.78, 5) is 16.2. The second kappa shape index (κ2) is 5.28.